The normalized spacial score (nSPS) is 9.43. The molecule has 0 atom stereocenters. The summed E-state index contributed by atoms with van der Waals surface area (Å²) >= 11 is 0. The Hall–Kier alpha value is -1.58. The molecule has 76 valence electrons. The van der Waals surface area contributed by atoms with E-state index in [1.54, 1.807) is 18.2 Å². The van der Waals surface area contributed by atoms with Crippen LogP contribution in [0, 0.1) is 0 Å². The summed E-state index contributed by atoms with van der Waals surface area (Å²) in [5.41, 5.74) is 0.248. The topological polar surface area (TPSA) is 18.5 Å². The van der Waals surface area contributed by atoms with Gasteiger partial charge in [-0.05, 0) is 12.1 Å². The van der Waals surface area contributed by atoms with Gasteiger partial charge in [0.05, 0.1) is 19.8 Å². The summed E-state index contributed by atoms with van der Waals surface area (Å²) in [6.07, 6.45) is -1.06. The Labute approximate surface area is 80.8 Å². The molecule has 0 aliphatic carbocycles. The predicted molar refractivity (Wildman–Crippen MR) is 49.7 cm³/mol. The molecule has 0 N–H and O–H groups in total. The summed E-state index contributed by atoms with van der Waals surface area (Å²) in [5, 5.41) is 0. The van der Waals surface area contributed by atoms with E-state index in [2.05, 4.69) is 0 Å². The molecule has 0 aromatic heterocycles. The van der Waals surface area contributed by atoms with Crippen LogP contribution in [-0.4, -0.2) is 14.2 Å². The van der Waals surface area contributed by atoms with Crippen molar-refractivity contribution in [2.45, 2.75) is 0 Å². The maximum absolute atomic E-state index is 12.1. The zero-order valence-electron chi connectivity index (χ0n) is 7.88. The van der Waals surface area contributed by atoms with Crippen LogP contribution < -0.4 is 9.47 Å². The Balaban J connectivity index is 3.26. The first kappa shape index (κ1) is 10.5. The molecule has 1 aromatic rings. The monoisotopic (exact) mass is 200 g/mol. The first-order valence-corrected chi connectivity index (χ1v) is 3.92. The number of hydrogen-bond acceptors (Lipinski definition) is 2. The Bertz CT molecular complexity index is 322. The van der Waals surface area contributed by atoms with Gasteiger partial charge in [0, 0.05) is 6.08 Å². The van der Waals surface area contributed by atoms with Crippen LogP contribution in [0.2, 0.25) is 0 Å². The summed E-state index contributed by atoms with van der Waals surface area (Å²) < 4.78 is 34.1. The fourth-order valence-corrected chi connectivity index (χ4v) is 1.13. The minimum absolute atomic E-state index is 0.248. The smallest absolute Gasteiger partial charge is 0.271 e. The maximum Gasteiger partial charge on any atom is 0.271 e. The van der Waals surface area contributed by atoms with Crippen LogP contribution in [0.15, 0.2) is 24.3 Å². The highest BCUT2D eigenvalue weighted by Gasteiger charge is 2.08. The third-order valence-electron chi connectivity index (χ3n) is 1.72. The third-order valence-corrected chi connectivity index (χ3v) is 1.72. The van der Waals surface area contributed by atoms with Gasteiger partial charge in [-0.3, -0.25) is 0 Å². The van der Waals surface area contributed by atoms with E-state index in [1.807, 2.05) is 0 Å². The van der Waals surface area contributed by atoms with Gasteiger partial charge in [-0.25, -0.2) is 0 Å². The highest BCUT2D eigenvalue weighted by molar-refractivity contribution is 5.64. The van der Waals surface area contributed by atoms with E-state index in [4.69, 9.17) is 9.47 Å². The van der Waals surface area contributed by atoms with E-state index >= 15 is 0 Å². The van der Waals surface area contributed by atoms with Crippen molar-refractivity contribution in [2.24, 2.45) is 0 Å². The van der Waals surface area contributed by atoms with Gasteiger partial charge >= 0.3 is 0 Å². The van der Waals surface area contributed by atoms with Gasteiger partial charge < -0.3 is 9.47 Å². The molecule has 0 radical (unpaired) electrons. The van der Waals surface area contributed by atoms with E-state index in [0.29, 0.717) is 11.5 Å². The average molecular weight is 200 g/mol. The molecular weight excluding hydrogens is 190 g/mol. The minimum Gasteiger partial charge on any atom is -0.496 e. The van der Waals surface area contributed by atoms with E-state index < -0.39 is 6.08 Å². The van der Waals surface area contributed by atoms with Crippen LogP contribution in [-0.2, 0) is 0 Å². The molecule has 0 saturated carbocycles. The molecule has 4 heteroatoms. The molecule has 0 bridgehead atoms. The second kappa shape index (κ2) is 4.60. The second-order valence-electron chi connectivity index (χ2n) is 2.51. The van der Waals surface area contributed by atoms with Gasteiger partial charge in [0.25, 0.3) is 6.08 Å². The first-order valence-electron chi connectivity index (χ1n) is 3.92. The number of hydrogen-bond donors (Lipinski definition) is 0. The van der Waals surface area contributed by atoms with Gasteiger partial charge in [-0.15, -0.1) is 0 Å². The van der Waals surface area contributed by atoms with E-state index in [-0.39, 0.29) is 5.56 Å². The van der Waals surface area contributed by atoms with Crippen LogP contribution in [0.1, 0.15) is 5.56 Å². The predicted octanol–water partition coefficient (Wildman–Crippen LogP) is 2.94. The quantitative estimate of drug-likeness (QED) is 0.746. The summed E-state index contributed by atoms with van der Waals surface area (Å²) in [5.74, 6) is 0.717. The van der Waals surface area contributed by atoms with Crippen LogP contribution in [0.25, 0.3) is 6.08 Å². The van der Waals surface area contributed by atoms with Crippen molar-refractivity contribution in [1.29, 1.82) is 0 Å². The zero-order chi connectivity index (χ0) is 10.6. The molecule has 2 nitrogen and oxygen atoms in total. The molecule has 1 rings (SSSR count). The van der Waals surface area contributed by atoms with Crippen molar-refractivity contribution in [3.63, 3.8) is 0 Å². The fraction of sp³-hybridized carbons (Fsp3) is 0.200. The second-order valence-corrected chi connectivity index (χ2v) is 2.51. The zero-order valence-corrected chi connectivity index (χ0v) is 7.88. The summed E-state index contributed by atoms with van der Waals surface area (Å²) in [7, 11) is 2.84. The van der Waals surface area contributed by atoms with Crippen LogP contribution in [0.4, 0.5) is 8.78 Å². The number of halogens is 2. The Kier molecular flexibility index (Phi) is 3.45. The van der Waals surface area contributed by atoms with E-state index in [9.17, 15) is 8.78 Å². The molecule has 14 heavy (non-hydrogen) atoms. The van der Waals surface area contributed by atoms with Gasteiger partial charge in [0.1, 0.15) is 11.5 Å². The van der Waals surface area contributed by atoms with Crippen molar-refractivity contribution in [1.82, 2.24) is 0 Å². The number of methoxy groups -OCH3 is 2. The van der Waals surface area contributed by atoms with Gasteiger partial charge in [-0.1, -0.05) is 6.07 Å². The van der Waals surface area contributed by atoms with Crippen LogP contribution in [0.5, 0.6) is 11.5 Å². The molecule has 1 aromatic carbocycles. The number of benzene rings is 1. The Morgan fingerprint density at radius 3 is 2.00 bits per heavy atom. The molecule has 0 amide bonds. The van der Waals surface area contributed by atoms with Crippen molar-refractivity contribution in [2.75, 3.05) is 14.2 Å². The molecule has 0 spiro atoms. The largest absolute Gasteiger partial charge is 0.496 e. The van der Waals surface area contributed by atoms with Crippen molar-refractivity contribution in [3.05, 3.63) is 29.8 Å². The molecule has 0 aliphatic heterocycles. The SMILES string of the molecule is COc1cccc(OC)c1C=C(F)F. The first-order chi connectivity index (χ1) is 6.69. The lowest BCUT2D eigenvalue weighted by Crippen LogP contribution is -1.91. The molecule has 0 heterocycles. The fourth-order valence-electron chi connectivity index (χ4n) is 1.13. The lowest BCUT2D eigenvalue weighted by atomic mass is 10.1. The van der Waals surface area contributed by atoms with Gasteiger partial charge in [0.15, 0.2) is 0 Å². The molecule has 0 fully saturated rings. The van der Waals surface area contributed by atoms with Crippen LogP contribution in [0.3, 0.4) is 0 Å². The van der Waals surface area contributed by atoms with Crippen molar-refractivity contribution in [3.8, 4) is 11.5 Å². The highest BCUT2D eigenvalue weighted by Crippen LogP contribution is 2.30. The molecule has 0 saturated heterocycles. The van der Waals surface area contributed by atoms with Gasteiger partial charge in [0.2, 0.25) is 0 Å². The lowest BCUT2D eigenvalue weighted by Gasteiger charge is -2.08. The number of rotatable bonds is 3. The summed E-state index contributed by atoms with van der Waals surface area (Å²) in [6, 6.07) is 4.86. The lowest BCUT2D eigenvalue weighted by molar-refractivity contribution is 0.390. The Morgan fingerprint density at radius 1 is 1.14 bits per heavy atom. The van der Waals surface area contributed by atoms with Crippen molar-refractivity contribution < 1.29 is 18.3 Å². The minimum atomic E-state index is -1.78. The van der Waals surface area contributed by atoms with Gasteiger partial charge in [-0.2, -0.15) is 8.78 Å². The average Bonchev–Trinajstić information content (AvgIpc) is 2.17. The van der Waals surface area contributed by atoms with E-state index in [0.717, 1.165) is 6.08 Å². The standard InChI is InChI=1S/C10H10F2O2/c1-13-8-4-3-5-9(14-2)7(8)6-10(11)12/h3-6H,1-2H3. The van der Waals surface area contributed by atoms with Crippen LogP contribution >= 0.6 is 0 Å². The van der Waals surface area contributed by atoms with E-state index in [1.165, 1.54) is 14.2 Å². The Morgan fingerprint density at radius 2 is 1.64 bits per heavy atom. The highest BCUT2D eigenvalue weighted by atomic mass is 19.3. The summed E-state index contributed by atoms with van der Waals surface area (Å²) in [4.78, 5) is 0. The molecular formula is C10H10F2O2. The molecule has 0 unspecified atom stereocenters. The summed E-state index contributed by atoms with van der Waals surface area (Å²) in [6.45, 7) is 0. The number of ether oxygens (including phenoxy) is 2. The maximum atomic E-state index is 12.1. The third kappa shape index (κ3) is 2.22. The molecule has 0 aliphatic rings. The van der Waals surface area contributed by atoms with Crippen molar-refractivity contribution >= 4 is 6.08 Å².